The zero-order valence-corrected chi connectivity index (χ0v) is 20.6. The van der Waals surface area contributed by atoms with E-state index in [0.29, 0.717) is 31.7 Å². The lowest BCUT2D eigenvalue weighted by Crippen LogP contribution is -2.63. The van der Waals surface area contributed by atoms with Crippen molar-refractivity contribution in [1.29, 1.82) is 0 Å². The molecule has 10 heteroatoms. The minimum Gasteiger partial charge on any atom is -0.603 e. The van der Waals surface area contributed by atoms with Gasteiger partial charge in [-0.05, 0) is 24.3 Å². The summed E-state index contributed by atoms with van der Waals surface area (Å²) in [7, 11) is -1.67. The fraction of sp³-hybridized carbons (Fsp3) is 0.400. The average Bonchev–Trinajstić information content (AvgIpc) is 3.27. The molecule has 3 atom stereocenters. The number of fused-ring (bicyclic) bond motifs is 1. The van der Waals surface area contributed by atoms with Gasteiger partial charge in [0.1, 0.15) is 6.54 Å². The Balaban J connectivity index is 1.62. The van der Waals surface area contributed by atoms with Gasteiger partial charge in [-0.1, -0.05) is 60.7 Å². The molecule has 1 saturated heterocycles. The zero-order chi connectivity index (χ0) is 24.9. The summed E-state index contributed by atoms with van der Waals surface area (Å²) in [6, 6.07) is 19.3. The lowest BCUT2D eigenvalue weighted by atomic mass is 9.99. The SMILES string of the molecule is COC([O-])=NS(=O)(=O)OC12C(COCc3ccccc3)=CC[N+]1(C)CCC2OCc1ccccc1. The van der Waals surface area contributed by atoms with Crippen molar-refractivity contribution >= 4 is 16.4 Å². The molecule has 9 nitrogen and oxygen atoms in total. The number of benzene rings is 2. The second-order valence-electron chi connectivity index (χ2n) is 8.85. The summed E-state index contributed by atoms with van der Waals surface area (Å²) < 4.78 is 51.6. The summed E-state index contributed by atoms with van der Waals surface area (Å²) >= 11 is 0. The molecule has 35 heavy (non-hydrogen) atoms. The molecule has 0 bridgehead atoms. The molecule has 0 amide bonds. The normalized spacial score (nSPS) is 26.4. The topological polar surface area (TPSA) is 106 Å². The van der Waals surface area contributed by atoms with E-state index >= 15 is 0 Å². The van der Waals surface area contributed by atoms with Gasteiger partial charge in [0.2, 0.25) is 0 Å². The van der Waals surface area contributed by atoms with E-state index in [1.54, 1.807) is 0 Å². The largest absolute Gasteiger partial charge is 0.603 e. The monoisotopic (exact) mass is 502 g/mol. The third-order valence-electron chi connectivity index (χ3n) is 6.58. The quantitative estimate of drug-likeness (QED) is 0.211. The van der Waals surface area contributed by atoms with Crippen LogP contribution in [0.3, 0.4) is 0 Å². The van der Waals surface area contributed by atoms with E-state index in [2.05, 4.69) is 9.13 Å². The van der Waals surface area contributed by atoms with Crippen LogP contribution in [0.5, 0.6) is 0 Å². The van der Waals surface area contributed by atoms with Crippen LogP contribution in [0, 0.1) is 0 Å². The lowest BCUT2D eigenvalue weighted by molar-refractivity contribution is -0.952. The molecule has 188 valence electrons. The van der Waals surface area contributed by atoms with Gasteiger partial charge in [-0.15, -0.1) is 4.40 Å². The van der Waals surface area contributed by atoms with E-state index < -0.39 is 28.2 Å². The van der Waals surface area contributed by atoms with Crippen LogP contribution < -0.4 is 5.11 Å². The first kappa shape index (κ1) is 25.3. The maximum Gasteiger partial charge on any atom is 0.388 e. The molecule has 2 aliphatic rings. The predicted octanol–water partition coefficient (Wildman–Crippen LogP) is 1.90. The highest BCUT2D eigenvalue weighted by molar-refractivity contribution is 7.85. The van der Waals surface area contributed by atoms with E-state index in [4.69, 9.17) is 13.7 Å². The number of hydrogen-bond acceptors (Lipinski definition) is 7. The molecule has 0 radical (unpaired) electrons. The highest BCUT2D eigenvalue weighted by Gasteiger charge is 2.68. The second kappa shape index (κ2) is 10.5. The number of hydrogen-bond donors (Lipinski definition) is 0. The van der Waals surface area contributed by atoms with Crippen LogP contribution in [-0.2, 0) is 41.9 Å². The van der Waals surface area contributed by atoms with Gasteiger partial charge < -0.3 is 19.3 Å². The smallest absolute Gasteiger partial charge is 0.388 e. The predicted molar refractivity (Wildman–Crippen MR) is 127 cm³/mol. The van der Waals surface area contributed by atoms with Crippen LogP contribution in [0.1, 0.15) is 17.5 Å². The Labute approximate surface area is 206 Å². The molecule has 0 N–H and O–H groups in total. The molecule has 0 spiro atoms. The maximum absolute atomic E-state index is 12.9. The van der Waals surface area contributed by atoms with E-state index in [1.165, 1.54) is 0 Å². The first-order chi connectivity index (χ1) is 16.8. The van der Waals surface area contributed by atoms with E-state index in [0.717, 1.165) is 18.2 Å². The molecular weight excluding hydrogens is 472 g/mol. The Kier molecular flexibility index (Phi) is 7.58. The lowest BCUT2D eigenvalue weighted by Gasteiger charge is -2.42. The number of rotatable bonds is 10. The molecule has 2 aromatic rings. The van der Waals surface area contributed by atoms with E-state index in [-0.39, 0.29) is 17.7 Å². The Bertz CT molecular complexity index is 1170. The van der Waals surface area contributed by atoms with Crippen molar-refractivity contribution in [3.05, 3.63) is 83.4 Å². The van der Waals surface area contributed by atoms with Gasteiger partial charge in [0.25, 0.3) is 5.72 Å². The molecule has 0 saturated carbocycles. The minimum atomic E-state index is -4.65. The third-order valence-corrected chi connectivity index (χ3v) is 7.42. The van der Waals surface area contributed by atoms with Crippen LogP contribution in [0.4, 0.5) is 0 Å². The summed E-state index contributed by atoms with van der Waals surface area (Å²) in [6.45, 7) is 1.92. The summed E-state index contributed by atoms with van der Waals surface area (Å²) in [5, 5.41) is 11.6. The highest BCUT2D eigenvalue weighted by Crippen LogP contribution is 2.49. The Hall–Kier alpha value is -2.76. The van der Waals surface area contributed by atoms with Crippen molar-refractivity contribution in [1.82, 2.24) is 0 Å². The molecular formula is C25H30N2O7S. The van der Waals surface area contributed by atoms with E-state index in [9.17, 15) is 13.5 Å². The molecule has 2 aromatic carbocycles. The second-order valence-corrected chi connectivity index (χ2v) is 10.1. The van der Waals surface area contributed by atoms with Crippen LogP contribution in [0.2, 0.25) is 0 Å². The van der Waals surface area contributed by atoms with Crippen LogP contribution >= 0.6 is 0 Å². The van der Waals surface area contributed by atoms with E-state index in [1.807, 2.05) is 73.8 Å². The van der Waals surface area contributed by atoms with Gasteiger partial charge in [0.05, 0.1) is 39.0 Å². The highest BCUT2D eigenvalue weighted by atomic mass is 32.2. The summed E-state index contributed by atoms with van der Waals surface area (Å²) in [5.41, 5.74) is 1.18. The number of ether oxygens (including phenoxy) is 3. The van der Waals surface area contributed by atoms with Crippen molar-refractivity contribution in [2.75, 3.05) is 33.9 Å². The molecule has 0 aromatic heterocycles. The van der Waals surface area contributed by atoms with Gasteiger partial charge in [0.15, 0.2) is 12.2 Å². The van der Waals surface area contributed by atoms with Crippen LogP contribution in [0.25, 0.3) is 0 Å². The third kappa shape index (κ3) is 5.41. The molecule has 4 rings (SSSR count). The molecule has 2 heterocycles. The fourth-order valence-corrected chi connectivity index (χ4v) is 5.85. The van der Waals surface area contributed by atoms with Crippen molar-refractivity contribution in [2.45, 2.75) is 31.5 Å². The molecule has 0 aliphatic carbocycles. The summed E-state index contributed by atoms with van der Waals surface area (Å²) in [4.78, 5) is 0. The Morgan fingerprint density at radius 1 is 1.06 bits per heavy atom. The van der Waals surface area contributed by atoms with Crippen molar-refractivity contribution in [2.24, 2.45) is 4.40 Å². The Morgan fingerprint density at radius 2 is 1.69 bits per heavy atom. The average molecular weight is 503 g/mol. The first-order valence-corrected chi connectivity index (χ1v) is 12.7. The van der Waals surface area contributed by atoms with Crippen LogP contribution in [-0.4, -0.2) is 64.7 Å². The van der Waals surface area contributed by atoms with Crippen molar-refractivity contribution < 1.29 is 36.4 Å². The maximum atomic E-state index is 12.9. The standard InChI is InChI=1S/C25H30N2O7S/c1-27-15-13-22(19-32-17-20-9-5-3-6-10-20)25(27,34-35(29,30)26-24(28)31-2)23(14-16-27)33-18-21-11-7-4-8-12-21/h3-13,23H,14-19H2,1-2H3. The minimum absolute atomic E-state index is 0.141. The van der Waals surface area contributed by atoms with Crippen molar-refractivity contribution in [3.8, 4) is 0 Å². The van der Waals surface area contributed by atoms with Gasteiger partial charge in [-0.25, -0.2) is 0 Å². The van der Waals surface area contributed by atoms with Gasteiger partial charge in [-0.3, -0.25) is 4.48 Å². The van der Waals surface area contributed by atoms with Crippen LogP contribution in [0.15, 0.2) is 76.7 Å². The number of likely N-dealkylation sites (N-methyl/N-ethyl adjacent to an activating group) is 1. The van der Waals surface area contributed by atoms with Gasteiger partial charge in [0, 0.05) is 6.42 Å². The molecule has 2 aliphatic heterocycles. The van der Waals surface area contributed by atoms with Gasteiger partial charge >= 0.3 is 10.3 Å². The fourth-order valence-electron chi connectivity index (χ4n) is 4.84. The molecule has 1 fully saturated rings. The Morgan fingerprint density at radius 3 is 2.31 bits per heavy atom. The zero-order valence-electron chi connectivity index (χ0n) is 19.8. The first-order valence-electron chi connectivity index (χ1n) is 11.4. The molecule has 3 unspecified atom stereocenters. The summed E-state index contributed by atoms with van der Waals surface area (Å²) in [6.07, 6.45) is 0.646. The summed E-state index contributed by atoms with van der Waals surface area (Å²) in [5.74, 6) is 0. The van der Waals surface area contributed by atoms with Crippen molar-refractivity contribution in [3.63, 3.8) is 0 Å². The van der Waals surface area contributed by atoms with Gasteiger partial charge in [-0.2, -0.15) is 12.6 Å². The number of quaternary nitrogens is 1. The number of methoxy groups -OCH3 is 1. The number of nitrogens with zero attached hydrogens (tertiary/aromatic N) is 2.